The molecule has 2 heteroatoms. The highest BCUT2D eigenvalue weighted by atomic mass is 16.5. The van der Waals surface area contributed by atoms with Gasteiger partial charge in [-0.05, 0) is 19.9 Å². The summed E-state index contributed by atoms with van der Waals surface area (Å²) >= 11 is 0. The third-order valence-electron chi connectivity index (χ3n) is 2.71. The van der Waals surface area contributed by atoms with Crippen LogP contribution in [0.4, 0.5) is 0 Å². The lowest BCUT2D eigenvalue weighted by Crippen LogP contribution is -2.04. The Hall–Kier alpha value is -1.83. The number of Topliss-reactive ketones (excluding diaryl/α,β-unsaturated/α-hetero) is 1. The monoisotopic (exact) mass is 214 g/mol. The molecule has 82 valence electrons. The van der Waals surface area contributed by atoms with Crippen molar-refractivity contribution in [2.45, 2.75) is 20.5 Å². The standard InChI is InChI=1S/C14H14O2/c1-3-11-13(4-2)16-9-10-7-5-6-8-12(10)14(11)15/h3-8H,9H2,1-2H3/b11-3+,13-4+. The van der Waals surface area contributed by atoms with Crippen molar-refractivity contribution in [2.24, 2.45) is 0 Å². The quantitative estimate of drug-likeness (QED) is 0.620. The van der Waals surface area contributed by atoms with Gasteiger partial charge in [-0.2, -0.15) is 0 Å². The van der Waals surface area contributed by atoms with Crippen molar-refractivity contribution in [1.82, 2.24) is 0 Å². The first-order valence-corrected chi connectivity index (χ1v) is 5.36. The molecule has 0 fully saturated rings. The molecule has 0 spiro atoms. The number of allylic oxidation sites excluding steroid dienone is 3. The van der Waals surface area contributed by atoms with Crippen LogP contribution in [-0.2, 0) is 11.3 Å². The third-order valence-corrected chi connectivity index (χ3v) is 2.71. The normalized spacial score (nSPS) is 20.5. The first-order valence-electron chi connectivity index (χ1n) is 5.36. The van der Waals surface area contributed by atoms with Gasteiger partial charge in [0, 0.05) is 11.1 Å². The van der Waals surface area contributed by atoms with Crippen LogP contribution in [0.15, 0.2) is 47.7 Å². The molecule has 1 aromatic carbocycles. The lowest BCUT2D eigenvalue weighted by atomic mass is 9.99. The van der Waals surface area contributed by atoms with Crippen LogP contribution in [0.5, 0.6) is 0 Å². The van der Waals surface area contributed by atoms with E-state index in [1.165, 1.54) is 0 Å². The Morgan fingerprint density at radius 1 is 1.19 bits per heavy atom. The molecular formula is C14H14O2. The van der Waals surface area contributed by atoms with Crippen LogP contribution in [0.1, 0.15) is 29.8 Å². The Bertz CT molecular complexity index is 481. The van der Waals surface area contributed by atoms with Crippen molar-refractivity contribution < 1.29 is 9.53 Å². The molecule has 1 aliphatic heterocycles. The van der Waals surface area contributed by atoms with Gasteiger partial charge in [-0.1, -0.05) is 30.3 Å². The molecule has 0 bridgehead atoms. The molecule has 0 atom stereocenters. The van der Waals surface area contributed by atoms with E-state index in [0.29, 0.717) is 17.9 Å². The molecule has 0 saturated heterocycles. The van der Waals surface area contributed by atoms with Gasteiger partial charge in [0.2, 0.25) is 0 Å². The zero-order chi connectivity index (χ0) is 11.5. The molecule has 2 rings (SSSR count). The minimum absolute atomic E-state index is 0.0451. The Balaban J connectivity index is 2.57. The van der Waals surface area contributed by atoms with E-state index in [2.05, 4.69) is 0 Å². The molecule has 16 heavy (non-hydrogen) atoms. The fraction of sp³-hybridized carbons (Fsp3) is 0.214. The molecule has 1 heterocycles. The van der Waals surface area contributed by atoms with Gasteiger partial charge < -0.3 is 4.74 Å². The van der Waals surface area contributed by atoms with Gasteiger partial charge >= 0.3 is 0 Å². The van der Waals surface area contributed by atoms with Crippen LogP contribution >= 0.6 is 0 Å². The second kappa shape index (κ2) is 4.35. The second-order valence-corrected chi connectivity index (χ2v) is 3.63. The van der Waals surface area contributed by atoms with E-state index >= 15 is 0 Å². The summed E-state index contributed by atoms with van der Waals surface area (Å²) in [4.78, 5) is 12.2. The van der Waals surface area contributed by atoms with Crippen molar-refractivity contribution in [3.63, 3.8) is 0 Å². The Kier molecular flexibility index (Phi) is 2.91. The molecule has 1 aromatic rings. The number of fused-ring (bicyclic) bond motifs is 1. The Morgan fingerprint density at radius 2 is 1.94 bits per heavy atom. The third kappa shape index (κ3) is 1.67. The summed E-state index contributed by atoms with van der Waals surface area (Å²) in [7, 11) is 0. The fourth-order valence-corrected chi connectivity index (χ4v) is 1.87. The van der Waals surface area contributed by atoms with E-state index in [4.69, 9.17) is 4.74 Å². The number of carbonyl (C=O) groups excluding carboxylic acids is 1. The summed E-state index contributed by atoms with van der Waals surface area (Å²) in [5.41, 5.74) is 2.34. The summed E-state index contributed by atoms with van der Waals surface area (Å²) < 4.78 is 5.62. The molecule has 0 N–H and O–H groups in total. The molecule has 1 aliphatic rings. The number of hydrogen-bond acceptors (Lipinski definition) is 2. The first-order chi connectivity index (χ1) is 7.77. The molecule has 0 unspecified atom stereocenters. The lowest BCUT2D eigenvalue weighted by Gasteiger charge is -2.06. The molecule has 0 aromatic heterocycles. The zero-order valence-electron chi connectivity index (χ0n) is 9.49. The van der Waals surface area contributed by atoms with E-state index in [1.807, 2.05) is 44.2 Å². The predicted molar refractivity (Wildman–Crippen MR) is 63.1 cm³/mol. The van der Waals surface area contributed by atoms with E-state index in [9.17, 15) is 4.79 Å². The van der Waals surface area contributed by atoms with Crippen molar-refractivity contribution >= 4 is 5.78 Å². The van der Waals surface area contributed by atoms with E-state index in [-0.39, 0.29) is 5.78 Å². The van der Waals surface area contributed by atoms with E-state index in [0.717, 1.165) is 11.1 Å². The smallest absolute Gasteiger partial charge is 0.196 e. The maximum atomic E-state index is 12.2. The maximum absolute atomic E-state index is 12.2. The number of benzene rings is 1. The largest absolute Gasteiger partial charge is 0.488 e. The minimum Gasteiger partial charge on any atom is -0.488 e. The van der Waals surface area contributed by atoms with Gasteiger partial charge in [0.25, 0.3) is 0 Å². The van der Waals surface area contributed by atoms with Crippen LogP contribution in [0, 0.1) is 0 Å². The molecule has 0 aliphatic carbocycles. The van der Waals surface area contributed by atoms with Crippen LogP contribution < -0.4 is 0 Å². The molecule has 0 radical (unpaired) electrons. The van der Waals surface area contributed by atoms with Gasteiger partial charge in [0.15, 0.2) is 5.78 Å². The zero-order valence-corrected chi connectivity index (χ0v) is 9.49. The topological polar surface area (TPSA) is 26.3 Å². The van der Waals surface area contributed by atoms with E-state index in [1.54, 1.807) is 6.08 Å². The number of ketones is 1. The molecule has 0 amide bonds. The van der Waals surface area contributed by atoms with Gasteiger partial charge in [0.1, 0.15) is 12.4 Å². The van der Waals surface area contributed by atoms with Crippen molar-refractivity contribution in [1.29, 1.82) is 0 Å². The Morgan fingerprint density at radius 3 is 2.62 bits per heavy atom. The van der Waals surface area contributed by atoms with E-state index < -0.39 is 0 Å². The van der Waals surface area contributed by atoms with Crippen molar-refractivity contribution in [2.75, 3.05) is 0 Å². The minimum atomic E-state index is 0.0451. The summed E-state index contributed by atoms with van der Waals surface area (Å²) in [6, 6.07) is 7.58. The summed E-state index contributed by atoms with van der Waals surface area (Å²) in [6.07, 6.45) is 3.64. The fourth-order valence-electron chi connectivity index (χ4n) is 1.87. The first kappa shape index (κ1) is 10.7. The van der Waals surface area contributed by atoms with Crippen molar-refractivity contribution in [3.05, 3.63) is 58.9 Å². The second-order valence-electron chi connectivity index (χ2n) is 3.63. The SMILES string of the molecule is C/C=C1/OCc2ccccc2C(=O)/C1=C/C. The van der Waals surface area contributed by atoms with Crippen molar-refractivity contribution in [3.8, 4) is 0 Å². The van der Waals surface area contributed by atoms with Crippen LogP contribution in [0.25, 0.3) is 0 Å². The molecule has 0 saturated carbocycles. The predicted octanol–water partition coefficient (Wildman–Crippen LogP) is 3.25. The molecule has 2 nitrogen and oxygen atoms in total. The average Bonchev–Trinajstić information content (AvgIpc) is 2.46. The lowest BCUT2D eigenvalue weighted by molar-refractivity contribution is 0.103. The number of carbonyl (C=O) groups is 1. The summed E-state index contributed by atoms with van der Waals surface area (Å²) in [6.45, 7) is 4.19. The van der Waals surface area contributed by atoms with Gasteiger partial charge in [-0.3, -0.25) is 4.79 Å². The van der Waals surface area contributed by atoms with Crippen LogP contribution in [-0.4, -0.2) is 5.78 Å². The maximum Gasteiger partial charge on any atom is 0.196 e. The highest BCUT2D eigenvalue weighted by Crippen LogP contribution is 2.26. The van der Waals surface area contributed by atoms with Gasteiger partial charge in [-0.15, -0.1) is 0 Å². The van der Waals surface area contributed by atoms with Gasteiger partial charge in [-0.25, -0.2) is 0 Å². The number of rotatable bonds is 0. The highest BCUT2D eigenvalue weighted by molar-refractivity contribution is 6.12. The van der Waals surface area contributed by atoms with Gasteiger partial charge in [0.05, 0.1) is 5.57 Å². The highest BCUT2D eigenvalue weighted by Gasteiger charge is 2.22. The Labute approximate surface area is 95.2 Å². The number of ether oxygens (including phenoxy) is 1. The summed E-state index contributed by atoms with van der Waals surface area (Å²) in [5, 5.41) is 0. The summed E-state index contributed by atoms with van der Waals surface area (Å²) in [5.74, 6) is 0.715. The van der Waals surface area contributed by atoms with Crippen LogP contribution in [0.3, 0.4) is 0 Å². The average molecular weight is 214 g/mol. The van der Waals surface area contributed by atoms with Crippen LogP contribution in [0.2, 0.25) is 0 Å². The molecular weight excluding hydrogens is 200 g/mol. The number of hydrogen-bond donors (Lipinski definition) is 0.